The zero-order valence-corrected chi connectivity index (χ0v) is 75.8. The zero-order chi connectivity index (χ0) is 90.7. The van der Waals surface area contributed by atoms with Crippen LogP contribution in [0.1, 0.15) is 150 Å². The minimum atomic E-state index is -0.321. The Morgan fingerprint density at radius 3 is 1.38 bits per heavy atom. The number of para-hydroxylation sites is 3. The molecule has 0 aliphatic rings. The van der Waals surface area contributed by atoms with E-state index in [4.69, 9.17) is 18.9 Å². The van der Waals surface area contributed by atoms with Crippen molar-refractivity contribution in [3.8, 4) is 11.5 Å². The topological polar surface area (TPSA) is 216 Å². The summed E-state index contributed by atoms with van der Waals surface area (Å²) in [6.07, 6.45) is 11.0. The van der Waals surface area contributed by atoms with Crippen LogP contribution in [0.4, 0.5) is 4.39 Å². The Morgan fingerprint density at radius 1 is 0.339 bits per heavy atom. The summed E-state index contributed by atoms with van der Waals surface area (Å²) < 4.78 is 33.2. The molecule has 0 saturated heterocycles. The summed E-state index contributed by atoms with van der Waals surface area (Å²) in [5.41, 5.74) is 28.3. The van der Waals surface area contributed by atoms with Crippen molar-refractivity contribution < 1.29 is 37.7 Å². The van der Waals surface area contributed by atoms with Gasteiger partial charge in [0.15, 0.2) is 0 Å². The quantitative estimate of drug-likeness (QED) is 0.133. The van der Waals surface area contributed by atoms with Crippen LogP contribution >= 0.6 is 0 Å². The fraction of sp³-hybridized carbons (Fsp3) is 0.229. The lowest BCUT2D eigenvalue weighted by atomic mass is 10.0. The van der Waals surface area contributed by atoms with Crippen LogP contribution in [0.5, 0.6) is 11.5 Å². The number of halogens is 1. The maximum Gasteiger partial charge on any atom is 0.339 e. The Labute approximate surface area is 745 Å². The average molecular weight is 1700 g/mol. The highest BCUT2D eigenvalue weighted by Crippen LogP contribution is 2.31. The van der Waals surface area contributed by atoms with Crippen LogP contribution in [0.3, 0.4) is 0 Å². The third kappa shape index (κ3) is 25.0. The monoisotopic (exact) mass is 1690 g/mol. The van der Waals surface area contributed by atoms with Crippen LogP contribution in [0.25, 0.3) is 98.1 Å². The van der Waals surface area contributed by atoms with E-state index in [2.05, 4.69) is 178 Å². The molecule has 0 radical (unpaired) electrons. The second-order valence-electron chi connectivity index (χ2n) is 30.5. The highest BCUT2D eigenvalue weighted by molar-refractivity contribution is 6.04. The molecule has 0 spiro atoms. The normalized spacial score (nSPS) is 10.4. The minimum Gasteiger partial charge on any atom is -0.496 e. The molecule has 127 heavy (non-hydrogen) atoms. The number of benzene rings is 9. The van der Waals surface area contributed by atoms with Crippen molar-refractivity contribution in [2.45, 2.75) is 138 Å². The predicted octanol–water partition coefficient (Wildman–Crippen LogP) is 25.9. The van der Waals surface area contributed by atoms with E-state index in [9.17, 15) is 18.8 Å². The smallest absolute Gasteiger partial charge is 0.339 e. The van der Waals surface area contributed by atoms with E-state index < -0.39 is 0 Å². The summed E-state index contributed by atoms with van der Waals surface area (Å²) in [5, 5.41) is 12.5. The standard InChI is InChI=1S/C13H14N2O.2C13H13NO2.C13H15N.C12H13NO.C12H13N.C11H11NO.C11H11N.C10H8FN.CH4/c1-3-14-13(16)11-7-6-10-5-4-8-15-12(10)9(11)2;1-3-16-13(15)11-7-6-9(2)12-10(11)5-4-8-14-12;1-3-16-13(15)11-7-10-6-4-5-9(2)12(10)14-8-11;1-4-11-7-5-9(2)13-12(11)8-6-10(3)14-13;1-8-4-7-11(14-3)10-6-5-9(2)13-12(8)10;1-8-6-9(2)12-11(7-8)5-4-10(3)13-12;1-8-5-6-10(13-2)9-4-3-7-12-11(8)9;1-8-6-7-12-11-9(2)4-3-5-10(8)11;1-7-3-2-4-8-5-9(11)6-12-10(7)8;/h4-8H,3H2,1-2H3,(H,14,16);2*4-8H,3H2,1-2H3;5-8H,4H2,1-3H3;4-7H,1-3H3;4-7H,1-3H3;3-7H,1-2H3;3-7H,1-2H3;2-6H,1H3;1H4. The minimum absolute atomic E-state index is 0. The first kappa shape index (κ1) is 96.4. The van der Waals surface area contributed by atoms with E-state index >= 15 is 0 Å². The Morgan fingerprint density at radius 2 is 0.780 bits per heavy atom. The number of hydrogen-bond donors (Lipinski definition) is 1. The van der Waals surface area contributed by atoms with Gasteiger partial charge in [-0.15, -0.1) is 0 Å². The molecule has 18 rings (SSSR count). The largest absolute Gasteiger partial charge is 0.496 e. The number of methoxy groups -OCH3 is 2. The molecule has 0 bridgehead atoms. The van der Waals surface area contributed by atoms with Crippen molar-refractivity contribution >= 4 is 116 Å². The van der Waals surface area contributed by atoms with Crippen molar-refractivity contribution in [3.05, 3.63) is 362 Å². The molecule has 17 nitrogen and oxygen atoms in total. The van der Waals surface area contributed by atoms with Gasteiger partial charge in [0, 0.05) is 109 Å². The lowest BCUT2D eigenvalue weighted by Crippen LogP contribution is -2.23. The van der Waals surface area contributed by atoms with E-state index in [1.807, 2.05) is 195 Å². The Balaban J connectivity index is 0.000000162. The number of rotatable bonds is 9. The van der Waals surface area contributed by atoms with Crippen LogP contribution in [-0.2, 0) is 15.9 Å². The number of ether oxygens (including phenoxy) is 4. The number of carbonyl (C=O) groups is 3. The number of aryl methyl sites for hydroxylation is 15. The van der Waals surface area contributed by atoms with Gasteiger partial charge in [0.2, 0.25) is 0 Å². The highest BCUT2D eigenvalue weighted by atomic mass is 19.1. The van der Waals surface area contributed by atoms with Crippen LogP contribution in [0.2, 0.25) is 0 Å². The third-order valence-corrected chi connectivity index (χ3v) is 21.0. The summed E-state index contributed by atoms with van der Waals surface area (Å²) in [5.74, 6) is 0.839. The molecule has 9 aromatic heterocycles. The number of fused-ring (bicyclic) bond motifs is 9. The van der Waals surface area contributed by atoms with E-state index in [1.165, 1.54) is 72.9 Å². The predicted molar refractivity (Wildman–Crippen MR) is 521 cm³/mol. The molecule has 0 unspecified atom stereocenters. The van der Waals surface area contributed by atoms with Crippen LogP contribution in [0.15, 0.2) is 256 Å². The highest BCUT2D eigenvalue weighted by Gasteiger charge is 2.16. The summed E-state index contributed by atoms with van der Waals surface area (Å²) in [6.45, 7) is 37.7. The maximum atomic E-state index is 12.7. The van der Waals surface area contributed by atoms with Crippen molar-refractivity contribution in [1.29, 1.82) is 0 Å². The summed E-state index contributed by atoms with van der Waals surface area (Å²) in [6, 6.07) is 71.5. The van der Waals surface area contributed by atoms with Crippen LogP contribution in [-0.4, -0.2) is 96.7 Å². The summed E-state index contributed by atoms with van der Waals surface area (Å²) in [4.78, 5) is 74.1. The van der Waals surface area contributed by atoms with Crippen molar-refractivity contribution in [2.24, 2.45) is 0 Å². The van der Waals surface area contributed by atoms with Gasteiger partial charge in [-0.25, -0.2) is 14.0 Å². The molecule has 0 fully saturated rings. The van der Waals surface area contributed by atoms with Crippen molar-refractivity contribution in [3.63, 3.8) is 0 Å². The van der Waals surface area contributed by atoms with E-state index in [1.54, 1.807) is 58.9 Å². The molecular formula is C109H115FN10O7. The molecule has 18 heteroatoms. The van der Waals surface area contributed by atoms with Crippen molar-refractivity contribution in [2.75, 3.05) is 34.0 Å². The molecule has 0 saturated carbocycles. The fourth-order valence-electron chi connectivity index (χ4n) is 14.5. The second-order valence-corrected chi connectivity index (χ2v) is 30.5. The van der Waals surface area contributed by atoms with E-state index in [-0.39, 0.29) is 31.1 Å². The lowest BCUT2D eigenvalue weighted by Gasteiger charge is -2.08. The molecule has 1 N–H and O–H groups in total. The van der Waals surface area contributed by atoms with E-state index in [0.717, 1.165) is 139 Å². The van der Waals surface area contributed by atoms with Gasteiger partial charge in [-0.3, -0.25) is 49.7 Å². The molecular weight excluding hydrogens is 1580 g/mol. The second kappa shape index (κ2) is 46.4. The van der Waals surface area contributed by atoms with Crippen LogP contribution in [0, 0.1) is 103 Å². The van der Waals surface area contributed by atoms with Gasteiger partial charge < -0.3 is 24.3 Å². The molecule has 18 aromatic rings. The fourth-order valence-corrected chi connectivity index (χ4v) is 14.5. The third-order valence-electron chi connectivity index (χ3n) is 21.0. The van der Waals surface area contributed by atoms with Gasteiger partial charge in [-0.2, -0.15) is 0 Å². The van der Waals surface area contributed by atoms with Gasteiger partial charge in [0.05, 0.1) is 94.4 Å². The first-order valence-electron chi connectivity index (χ1n) is 42.2. The SMILES string of the molecule is C.CCNC(=O)c1ccc2cccnc2c1C.CCOC(=O)c1ccc(C)c2ncccc12.CCOC(=O)c1cnc2c(C)cccc2c1.CCc1ccc(C)c2nc(C)ccc12.COc1ccc(C)c2nc(C)ccc12.COc1ccc(C)c2ncccc12.Cc1cc(C)c2nc(C)ccc2c1.Cc1cccc2cc(F)cnc12.Cc1ccnc2c(C)cccc12. The zero-order valence-electron chi connectivity index (χ0n) is 75.8. The van der Waals surface area contributed by atoms with Gasteiger partial charge in [-0.1, -0.05) is 141 Å². The summed E-state index contributed by atoms with van der Waals surface area (Å²) in [7, 11) is 3.36. The number of pyridine rings is 9. The van der Waals surface area contributed by atoms with E-state index in [0.29, 0.717) is 36.4 Å². The van der Waals surface area contributed by atoms with Gasteiger partial charge in [0.25, 0.3) is 5.91 Å². The Hall–Kier alpha value is -14.4. The van der Waals surface area contributed by atoms with Gasteiger partial charge in [0.1, 0.15) is 17.3 Å². The number of amides is 1. The number of nitrogens with zero attached hydrogens (tertiary/aromatic N) is 9. The molecule has 0 atom stereocenters. The van der Waals surface area contributed by atoms with Crippen molar-refractivity contribution in [1.82, 2.24) is 50.2 Å². The average Bonchev–Trinajstić information content (AvgIpc) is 0.801. The lowest BCUT2D eigenvalue weighted by molar-refractivity contribution is 0.0517. The van der Waals surface area contributed by atoms with Crippen LogP contribution < -0.4 is 14.8 Å². The number of esters is 2. The molecule has 0 aliphatic heterocycles. The number of hydrogen-bond acceptors (Lipinski definition) is 16. The Kier molecular flexibility index (Phi) is 35.2. The molecule has 0 aliphatic carbocycles. The number of aromatic nitrogens is 9. The molecule has 9 aromatic carbocycles. The molecule has 9 heterocycles. The first-order valence-corrected chi connectivity index (χ1v) is 42.2. The molecule has 650 valence electrons. The maximum absolute atomic E-state index is 12.7. The number of carbonyl (C=O) groups excluding carboxylic acids is 3. The Bertz CT molecular complexity index is 6760. The number of nitrogens with one attached hydrogen (secondary N) is 1. The molecule has 1 amide bonds. The summed E-state index contributed by atoms with van der Waals surface area (Å²) >= 11 is 0. The van der Waals surface area contributed by atoms with Gasteiger partial charge in [-0.05, 0) is 282 Å². The van der Waals surface area contributed by atoms with Gasteiger partial charge >= 0.3 is 11.9 Å². The first-order chi connectivity index (χ1) is 60.7.